The minimum absolute atomic E-state index is 0.174. The van der Waals surface area contributed by atoms with Crippen LogP contribution >= 0.6 is 11.3 Å². The van der Waals surface area contributed by atoms with Gasteiger partial charge in [-0.1, -0.05) is 33.6 Å². The molecule has 1 aliphatic heterocycles. The predicted octanol–water partition coefficient (Wildman–Crippen LogP) is 5.47. The third-order valence-electron chi connectivity index (χ3n) is 7.50. The van der Waals surface area contributed by atoms with Crippen molar-refractivity contribution in [3.63, 3.8) is 0 Å². The summed E-state index contributed by atoms with van der Waals surface area (Å²) in [5.74, 6) is -0.648. The Balaban J connectivity index is 1.61. The van der Waals surface area contributed by atoms with E-state index in [1.807, 2.05) is 33.8 Å². The van der Waals surface area contributed by atoms with E-state index in [0.717, 1.165) is 73.6 Å². The summed E-state index contributed by atoms with van der Waals surface area (Å²) in [5.41, 5.74) is 3.26. The number of likely N-dealkylation sites (N-methyl/N-ethyl adjacent to an activating group) is 1. The zero-order valence-electron chi connectivity index (χ0n) is 24.7. The normalized spacial score (nSPS) is 13.9. The van der Waals surface area contributed by atoms with E-state index in [2.05, 4.69) is 22.2 Å². The number of fused-ring (bicyclic) bond motifs is 1. The molecule has 1 N–H and O–H groups in total. The van der Waals surface area contributed by atoms with E-state index >= 15 is 0 Å². The van der Waals surface area contributed by atoms with Crippen LogP contribution in [0.5, 0.6) is 0 Å². The minimum Gasteiger partial charge on any atom is -0.313 e. The Morgan fingerprint density at radius 2 is 1.71 bits per heavy atom. The van der Waals surface area contributed by atoms with Crippen molar-refractivity contribution >= 4 is 38.2 Å². The molecule has 0 unspecified atom stereocenters. The van der Waals surface area contributed by atoms with Crippen molar-refractivity contribution in [3.8, 4) is 0 Å². The van der Waals surface area contributed by atoms with E-state index < -0.39 is 15.9 Å². The predicted molar refractivity (Wildman–Crippen MR) is 163 cm³/mol. The molecule has 1 aromatic carbocycles. The first kappa shape index (κ1) is 31.1. The van der Waals surface area contributed by atoms with Gasteiger partial charge in [-0.2, -0.15) is 9.40 Å². The lowest BCUT2D eigenvalue weighted by Crippen LogP contribution is -2.33. The molecule has 0 atom stereocenters. The average Bonchev–Trinajstić information content (AvgIpc) is 3.49. The number of hydrogen-bond donors (Lipinski definition) is 1. The molecular formula is C30H41N5O4S2. The number of carbonyl (C=O) groups excluding carboxylic acids is 2. The molecule has 0 radical (unpaired) electrons. The zero-order valence-corrected chi connectivity index (χ0v) is 26.3. The number of unbranched alkanes of at least 4 members (excludes halogenated alkanes) is 2. The summed E-state index contributed by atoms with van der Waals surface area (Å²) in [6.45, 7) is 13.3. The number of nitrogens with zero attached hydrogens (tertiary/aromatic N) is 4. The van der Waals surface area contributed by atoms with Crippen molar-refractivity contribution in [1.29, 1.82) is 0 Å². The van der Waals surface area contributed by atoms with Crippen molar-refractivity contribution in [3.05, 3.63) is 63.3 Å². The lowest BCUT2D eigenvalue weighted by molar-refractivity contribution is 0.0942. The summed E-state index contributed by atoms with van der Waals surface area (Å²) in [4.78, 5) is 30.7. The third-order valence-corrected chi connectivity index (χ3v) is 10.5. The van der Waals surface area contributed by atoms with Gasteiger partial charge >= 0.3 is 0 Å². The van der Waals surface area contributed by atoms with Crippen LogP contribution in [0.4, 0.5) is 5.00 Å². The Hall–Kier alpha value is -2.86. The van der Waals surface area contributed by atoms with E-state index in [1.165, 1.54) is 40.3 Å². The van der Waals surface area contributed by atoms with E-state index in [9.17, 15) is 18.0 Å². The highest BCUT2D eigenvalue weighted by Crippen LogP contribution is 2.38. The fourth-order valence-corrected chi connectivity index (χ4v) is 7.90. The number of carbonyl (C=O) groups is 2. The first-order valence-corrected chi connectivity index (χ1v) is 16.7. The second-order valence-electron chi connectivity index (χ2n) is 10.6. The van der Waals surface area contributed by atoms with Crippen LogP contribution < -0.4 is 5.32 Å². The van der Waals surface area contributed by atoms with Crippen LogP contribution in [0.2, 0.25) is 0 Å². The van der Waals surface area contributed by atoms with Crippen molar-refractivity contribution in [2.24, 2.45) is 0 Å². The number of anilines is 1. The second-order valence-corrected chi connectivity index (χ2v) is 13.6. The summed E-state index contributed by atoms with van der Waals surface area (Å²) in [6.07, 6.45) is 4.12. The van der Waals surface area contributed by atoms with Crippen molar-refractivity contribution in [2.75, 3.05) is 31.5 Å². The molecule has 0 saturated carbocycles. The van der Waals surface area contributed by atoms with Gasteiger partial charge in [-0.25, -0.2) is 13.1 Å². The molecule has 222 valence electrons. The number of aryl methyl sites for hydroxylation is 2. The van der Waals surface area contributed by atoms with Crippen LogP contribution in [0.3, 0.4) is 0 Å². The van der Waals surface area contributed by atoms with Crippen LogP contribution in [-0.4, -0.2) is 65.4 Å². The molecule has 41 heavy (non-hydrogen) atoms. The Morgan fingerprint density at radius 3 is 2.27 bits per heavy atom. The number of hydrogen-bond acceptors (Lipinski definition) is 7. The quantitative estimate of drug-likeness (QED) is 0.296. The van der Waals surface area contributed by atoms with E-state index in [-0.39, 0.29) is 10.8 Å². The maximum atomic E-state index is 13.7. The first-order valence-electron chi connectivity index (χ1n) is 14.5. The van der Waals surface area contributed by atoms with E-state index in [1.54, 1.807) is 4.31 Å². The molecule has 4 rings (SSSR count). The molecule has 3 heterocycles. The summed E-state index contributed by atoms with van der Waals surface area (Å²) in [6, 6.07) is 7.92. The number of rotatable bonds is 12. The summed E-state index contributed by atoms with van der Waals surface area (Å²) in [7, 11) is -3.66. The fourth-order valence-electron chi connectivity index (χ4n) is 5.10. The van der Waals surface area contributed by atoms with Gasteiger partial charge < -0.3 is 5.32 Å². The van der Waals surface area contributed by atoms with Crippen LogP contribution in [0, 0.1) is 13.8 Å². The molecule has 1 amide bonds. The standard InChI is InChI=1S/C30H41N5O4S2/c1-6-9-16-34(17-10-7-2)41(38,39)24-13-11-23(12-14-24)28(36)31-29-27(30(37)35-22(5)19-21(4)32-35)25-15-18-33(8-3)20-26(25)40-29/h11-14,19H,6-10,15-18,20H2,1-5H3,(H,31,36). The van der Waals surface area contributed by atoms with Gasteiger partial charge in [-0.15, -0.1) is 11.3 Å². The molecule has 0 spiro atoms. The van der Waals surface area contributed by atoms with Gasteiger partial charge in [0.1, 0.15) is 5.00 Å². The number of amides is 1. The van der Waals surface area contributed by atoms with Gasteiger partial charge in [-0.3, -0.25) is 14.5 Å². The topological polar surface area (TPSA) is 105 Å². The SMILES string of the molecule is CCCCN(CCCC)S(=O)(=O)c1ccc(C(=O)Nc2sc3c(c2C(=O)n2nc(C)cc2C)CCN(CC)C3)cc1. The highest BCUT2D eigenvalue weighted by molar-refractivity contribution is 7.89. The summed E-state index contributed by atoms with van der Waals surface area (Å²) in [5, 5.41) is 7.86. The number of benzene rings is 1. The van der Waals surface area contributed by atoms with Crippen LogP contribution in [0.15, 0.2) is 35.2 Å². The molecule has 1 aliphatic rings. The number of sulfonamides is 1. The van der Waals surface area contributed by atoms with Crippen LogP contribution in [-0.2, 0) is 23.0 Å². The van der Waals surface area contributed by atoms with Crippen molar-refractivity contribution in [1.82, 2.24) is 19.0 Å². The minimum atomic E-state index is -3.66. The fraction of sp³-hybridized carbons (Fsp3) is 0.500. The molecule has 0 aliphatic carbocycles. The van der Waals surface area contributed by atoms with Gasteiger partial charge in [-0.05, 0) is 75.5 Å². The smallest absolute Gasteiger partial charge is 0.281 e. The highest BCUT2D eigenvalue weighted by Gasteiger charge is 2.30. The summed E-state index contributed by atoms with van der Waals surface area (Å²) >= 11 is 1.43. The van der Waals surface area contributed by atoms with E-state index in [4.69, 9.17) is 0 Å². The molecule has 9 nitrogen and oxygen atoms in total. The first-order chi connectivity index (χ1) is 19.6. The Morgan fingerprint density at radius 1 is 1.05 bits per heavy atom. The molecule has 0 saturated heterocycles. The lowest BCUT2D eigenvalue weighted by Gasteiger charge is -2.25. The maximum absolute atomic E-state index is 13.7. The van der Waals surface area contributed by atoms with Gasteiger partial charge in [0.25, 0.3) is 11.8 Å². The van der Waals surface area contributed by atoms with Crippen LogP contribution in [0.1, 0.15) is 89.0 Å². The molecule has 0 bridgehead atoms. The van der Waals surface area contributed by atoms with Gasteiger partial charge in [0.15, 0.2) is 0 Å². The number of aromatic nitrogens is 2. The summed E-state index contributed by atoms with van der Waals surface area (Å²) < 4.78 is 29.6. The largest absolute Gasteiger partial charge is 0.313 e. The van der Waals surface area contributed by atoms with Gasteiger partial charge in [0, 0.05) is 42.3 Å². The number of nitrogens with one attached hydrogen (secondary N) is 1. The monoisotopic (exact) mass is 599 g/mol. The zero-order chi connectivity index (χ0) is 29.7. The van der Waals surface area contributed by atoms with Crippen molar-refractivity contribution in [2.45, 2.75) is 78.2 Å². The Kier molecular flexibility index (Phi) is 10.2. The van der Waals surface area contributed by atoms with Gasteiger partial charge in [0.05, 0.1) is 16.2 Å². The maximum Gasteiger partial charge on any atom is 0.281 e. The van der Waals surface area contributed by atoms with Crippen molar-refractivity contribution < 1.29 is 18.0 Å². The Labute approximate surface area is 247 Å². The van der Waals surface area contributed by atoms with E-state index in [0.29, 0.717) is 29.2 Å². The molecule has 2 aromatic heterocycles. The third kappa shape index (κ3) is 6.80. The molecule has 11 heteroatoms. The molecule has 0 fully saturated rings. The molecule has 3 aromatic rings. The highest BCUT2D eigenvalue weighted by atomic mass is 32.2. The lowest BCUT2D eigenvalue weighted by atomic mass is 10.0. The number of thiophene rings is 1. The second kappa shape index (κ2) is 13.4. The van der Waals surface area contributed by atoms with Gasteiger partial charge in [0.2, 0.25) is 10.0 Å². The average molecular weight is 600 g/mol. The Bertz CT molecular complexity index is 1480. The molecular weight excluding hydrogens is 558 g/mol. The van der Waals surface area contributed by atoms with Crippen LogP contribution in [0.25, 0.3) is 0 Å².